The number of rotatable bonds is 5. The highest BCUT2D eigenvalue weighted by Gasteiger charge is 2.31. The number of hydrogen-bond acceptors (Lipinski definition) is 1. The van der Waals surface area contributed by atoms with Gasteiger partial charge in [0, 0.05) is 5.33 Å². The fraction of sp³-hybridized carbons (Fsp3) is 1.00. The van der Waals surface area contributed by atoms with Gasteiger partial charge in [0.05, 0.1) is 17.6 Å². The van der Waals surface area contributed by atoms with Crippen molar-refractivity contribution >= 4 is 27.5 Å². The number of halogens is 2. The molecule has 0 aliphatic heterocycles. The van der Waals surface area contributed by atoms with Crippen molar-refractivity contribution in [3.63, 3.8) is 0 Å². The summed E-state index contributed by atoms with van der Waals surface area (Å²) in [5.41, 5.74) is -0.198. The first-order valence-electron chi connectivity index (χ1n) is 4.91. The molecule has 0 N–H and O–H groups in total. The van der Waals surface area contributed by atoms with E-state index in [1.54, 1.807) is 0 Å². The monoisotopic (exact) mass is 268 g/mol. The van der Waals surface area contributed by atoms with E-state index in [-0.39, 0.29) is 5.60 Å². The molecule has 0 saturated heterocycles. The van der Waals surface area contributed by atoms with E-state index in [1.807, 2.05) is 0 Å². The summed E-state index contributed by atoms with van der Waals surface area (Å²) in [6.45, 7) is 4.22. The SMILES string of the molecule is CC(OC(C)(CCl)CBr)C1CCC1. The van der Waals surface area contributed by atoms with E-state index in [4.69, 9.17) is 16.3 Å². The zero-order chi connectivity index (χ0) is 9.90. The molecular weight excluding hydrogens is 251 g/mol. The third kappa shape index (κ3) is 3.10. The third-order valence-electron chi connectivity index (χ3n) is 2.85. The Bertz CT molecular complexity index is 155. The summed E-state index contributed by atoms with van der Waals surface area (Å²) in [6.07, 6.45) is 4.36. The molecule has 13 heavy (non-hydrogen) atoms. The van der Waals surface area contributed by atoms with Crippen LogP contribution in [0.2, 0.25) is 0 Å². The van der Waals surface area contributed by atoms with Gasteiger partial charge in [-0.05, 0) is 32.6 Å². The molecule has 0 amide bonds. The molecule has 0 aromatic carbocycles. The van der Waals surface area contributed by atoms with Crippen molar-refractivity contribution in [3.8, 4) is 0 Å². The minimum atomic E-state index is -0.198. The van der Waals surface area contributed by atoms with Crippen LogP contribution in [-0.4, -0.2) is 22.9 Å². The minimum Gasteiger partial charge on any atom is -0.370 e. The second-order valence-corrected chi connectivity index (χ2v) is 5.06. The Labute approximate surface area is 94.3 Å². The second kappa shape index (κ2) is 4.99. The molecule has 1 nitrogen and oxygen atoms in total. The van der Waals surface area contributed by atoms with Crippen molar-refractivity contribution in [3.05, 3.63) is 0 Å². The number of alkyl halides is 2. The lowest BCUT2D eigenvalue weighted by atomic mass is 9.81. The van der Waals surface area contributed by atoms with Crippen LogP contribution in [0.15, 0.2) is 0 Å². The maximum Gasteiger partial charge on any atom is 0.0889 e. The van der Waals surface area contributed by atoms with Crippen molar-refractivity contribution < 1.29 is 4.74 Å². The molecule has 0 aromatic rings. The van der Waals surface area contributed by atoms with E-state index in [0.717, 1.165) is 11.2 Å². The lowest BCUT2D eigenvalue weighted by molar-refractivity contribution is -0.0848. The average molecular weight is 270 g/mol. The summed E-state index contributed by atoms with van der Waals surface area (Å²) in [4.78, 5) is 0. The number of hydrogen-bond donors (Lipinski definition) is 0. The molecule has 1 rings (SSSR count). The van der Waals surface area contributed by atoms with E-state index in [0.29, 0.717) is 12.0 Å². The predicted molar refractivity (Wildman–Crippen MR) is 60.8 cm³/mol. The maximum absolute atomic E-state index is 5.96. The zero-order valence-electron chi connectivity index (χ0n) is 8.35. The summed E-state index contributed by atoms with van der Waals surface area (Å²) >= 11 is 9.30. The first-order chi connectivity index (χ1) is 6.11. The van der Waals surface area contributed by atoms with Gasteiger partial charge in [0.2, 0.25) is 0 Å². The van der Waals surface area contributed by atoms with Crippen molar-refractivity contribution in [1.82, 2.24) is 0 Å². The molecule has 0 spiro atoms. The van der Waals surface area contributed by atoms with Crippen LogP contribution >= 0.6 is 27.5 Å². The van der Waals surface area contributed by atoms with E-state index >= 15 is 0 Å². The normalized spacial score (nSPS) is 24.9. The lowest BCUT2D eigenvalue weighted by Crippen LogP contribution is -2.40. The zero-order valence-corrected chi connectivity index (χ0v) is 10.7. The second-order valence-electron chi connectivity index (χ2n) is 4.23. The Hall–Kier alpha value is 0.730. The Morgan fingerprint density at radius 2 is 2.23 bits per heavy atom. The molecule has 0 bridgehead atoms. The van der Waals surface area contributed by atoms with Gasteiger partial charge in [-0.2, -0.15) is 0 Å². The molecule has 2 unspecified atom stereocenters. The molecule has 1 saturated carbocycles. The lowest BCUT2D eigenvalue weighted by Gasteiger charge is -2.37. The van der Waals surface area contributed by atoms with Crippen LogP contribution in [0.3, 0.4) is 0 Å². The molecule has 0 radical (unpaired) electrons. The number of ether oxygens (including phenoxy) is 1. The molecule has 0 heterocycles. The van der Waals surface area contributed by atoms with Gasteiger partial charge < -0.3 is 4.74 Å². The fourth-order valence-corrected chi connectivity index (χ4v) is 2.27. The van der Waals surface area contributed by atoms with E-state index < -0.39 is 0 Å². The molecule has 0 aromatic heterocycles. The van der Waals surface area contributed by atoms with Gasteiger partial charge in [-0.15, -0.1) is 11.6 Å². The van der Waals surface area contributed by atoms with E-state index in [9.17, 15) is 0 Å². The van der Waals surface area contributed by atoms with Crippen molar-refractivity contribution in [2.75, 3.05) is 11.2 Å². The summed E-state index contributed by atoms with van der Waals surface area (Å²) in [5, 5.41) is 0.806. The predicted octanol–water partition coefficient (Wildman–Crippen LogP) is 3.58. The van der Waals surface area contributed by atoms with Crippen molar-refractivity contribution in [2.45, 2.75) is 44.8 Å². The summed E-state index contributed by atoms with van der Waals surface area (Å²) in [6, 6.07) is 0. The molecular formula is C10H18BrClO. The van der Waals surface area contributed by atoms with Crippen LogP contribution in [0, 0.1) is 5.92 Å². The van der Waals surface area contributed by atoms with Crippen LogP contribution in [0.1, 0.15) is 33.1 Å². The molecule has 78 valence electrons. The first-order valence-corrected chi connectivity index (χ1v) is 6.56. The molecule has 2 atom stereocenters. The van der Waals surface area contributed by atoms with Crippen LogP contribution < -0.4 is 0 Å². The quantitative estimate of drug-likeness (QED) is 0.693. The molecule has 1 aliphatic carbocycles. The largest absolute Gasteiger partial charge is 0.370 e. The standard InChI is InChI=1S/C10H18BrClO/c1-8(9-4-3-5-9)13-10(2,6-11)7-12/h8-9H,3-7H2,1-2H3. The van der Waals surface area contributed by atoms with Gasteiger partial charge in [-0.25, -0.2) is 0 Å². The summed E-state index contributed by atoms with van der Waals surface area (Å²) < 4.78 is 5.96. The minimum absolute atomic E-state index is 0.198. The highest BCUT2D eigenvalue weighted by atomic mass is 79.9. The maximum atomic E-state index is 5.96. The first kappa shape index (κ1) is 11.8. The highest BCUT2D eigenvalue weighted by molar-refractivity contribution is 9.09. The van der Waals surface area contributed by atoms with Gasteiger partial charge in [0.1, 0.15) is 0 Å². The Morgan fingerprint density at radius 1 is 1.62 bits per heavy atom. The smallest absolute Gasteiger partial charge is 0.0889 e. The van der Waals surface area contributed by atoms with Gasteiger partial charge in [-0.1, -0.05) is 22.4 Å². The fourth-order valence-electron chi connectivity index (χ4n) is 1.55. The Balaban J connectivity index is 2.35. The Kier molecular flexibility index (Phi) is 4.53. The Morgan fingerprint density at radius 3 is 2.54 bits per heavy atom. The van der Waals surface area contributed by atoms with Crippen LogP contribution in [0.4, 0.5) is 0 Å². The molecule has 1 fully saturated rings. The van der Waals surface area contributed by atoms with E-state index in [1.165, 1.54) is 19.3 Å². The van der Waals surface area contributed by atoms with Crippen LogP contribution in [0.5, 0.6) is 0 Å². The third-order valence-corrected chi connectivity index (χ3v) is 4.60. The van der Waals surface area contributed by atoms with Crippen LogP contribution in [0.25, 0.3) is 0 Å². The molecule has 3 heteroatoms. The van der Waals surface area contributed by atoms with E-state index in [2.05, 4.69) is 29.8 Å². The van der Waals surface area contributed by atoms with Crippen LogP contribution in [-0.2, 0) is 4.74 Å². The average Bonchev–Trinajstić information content (AvgIpc) is 2.01. The topological polar surface area (TPSA) is 9.23 Å². The van der Waals surface area contributed by atoms with Crippen molar-refractivity contribution in [2.24, 2.45) is 5.92 Å². The summed E-state index contributed by atoms with van der Waals surface area (Å²) in [5.74, 6) is 1.32. The summed E-state index contributed by atoms with van der Waals surface area (Å²) in [7, 11) is 0. The van der Waals surface area contributed by atoms with Gasteiger partial charge in [0.25, 0.3) is 0 Å². The van der Waals surface area contributed by atoms with Gasteiger partial charge in [0.15, 0.2) is 0 Å². The molecule has 1 aliphatic rings. The van der Waals surface area contributed by atoms with Gasteiger partial charge in [-0.3, -0.25) is 0 Å². The highest BCUT2D eigenvalue weighted by Crippen LogP contribution is 2.33. The van der Waals surface area contributed by atoms with Crippen molar-refractivity contribution in [1.29, 1.82) is 0 Å². The van der Waals surface area contributed by atoms with Gasteiger partial charge >= 0.3 is 0 Å².